The van der Waals surface area contributed by atoms with E-state index >= 15 is 0 Å². The molecule has 0 bridgehead atoms. The third-order valence-electron chi connectivity index (χ3n) is 4.72. The first-order valence-corrected chi connectivity index (χ1v) is 8.99. The van der Waals surface area contributed by atoms with Crippen molar-refractivity contribution in [3.63, 3.8) is 0 Å². The molecule has 1 aliphatic heterocycles. The number of halogens is 3. The van der Waals surface area contributed by atoms with Crippen LogP contribution in [-0.2, 0) is 16.1 Å². The third-order valence-corrected chi connectivity index (χ3v) is 4.72. The van der Waals surface area contributed by atoms with Crippen molar-refractivity contribution in [1.29, 1.82) is 0 Å². The Balaban J connectivity index is 0.00000150. The maximum atomic E-state index is 13.4. The zero-order valence-corrected chi connectivity index (χ0v) is 17.2. The highest BCUT2D eigenvalue weighted by Gasteiger charge is 2.25. The molecule has 0 radical (unpaired) electrons. The average molecular weight is 441 g/mol. The maximum absolute atomic E-state index is 13.4. The largest absolute Gasteiger partial charge is 0.366 e. The standard InChI is InChI=1S/C20H21FN4O2.2ClH/c21-15-7-5-14(6-8-15)17(24-20(26)19-11-22-9-10-27-19)12-25-13-23-16-3-1-2-4-18(16)25;;/h1-8,13,17,19,22H,9-12H2,(H,24,26);2*1H. The molecular formula is C20H23Cl2FN4O2. The second-order valence-electron chi connectivity index (χ2n) is 6.56. The fraction of sp³-hybridized carbons (Fsp3) is 0.300. The summed E-state index contributed by atoms with van der Waals surface area (Å²) in [5, 5.41) is 6.21. The number of hydrogen-bond acceptors (Lipinski definition) is 4. The van der Waals surface area contributed by atoms with E-state index in [-0.39, 0.29) is 42.6 Å². The summed E-state index contributed by atoms with van der Waals surface area (Å²) in [5.74, 6) is -0.488. The Hall–Kier alpha value is -2.19. The summed E-state index contributed by atoms with van der Waals surface area (Å²) < 4.78 is 20.9. The Kier molecular flexibility index (Phi) is 8.40. The van der Waals surface area contributed by atoms with Gasteiger partial charge in [0.05, 0.1) is 30.0 Å². The molecule has 0 spiro atoms. The predicted octanol–water partition coefficient (Wildman–Crippen LogP) is 2.86. The van der Waals surface area contributed by atoms with Crippen molar-refractivity contribution in [2.45, 2.75) is 18.7 Å². The zero-order valence-electron chi connectivity index (χ0n) is 15.6. The van der Waals surface area contributed by atoms with E-state index in [1.807, 2.05) is 28.8 Å². The minimum absolute atomic E-state index is 0. The van der Waals surface area contributed by atoms with Crippen LogP contribution >= 0.6 is 24.8 Å². The van der Waals surface area contributed by atoms with Gasteiger partial charge in [0.15, 0.2) is 0 Å². The first-order chi connectivity index (χ1) is 13.2. The predicted molar refractivity (Wildman–Crippen MR) is 114 cm³/mol. The summed E-state index contributed by atoms with van der Waals surface area (Å²) in [6, 6.07) is 13.7. The van der Waals surface area contributed by atoms with Gasteiger partial charge in [0.25, 0.3) is 5.91 Å². The van der Waals surface area contributed by atoms with Crippen molar-refractivity contribution in [2.75, 3.05) is 19.7 Å². The molecule has 2 atom stereocenters. The van der Waals surface area contributed by atoms with Gasteiger partial charge < -0.3 is 19.9 Å². The molecule has 2 heterocycles. The highest BCUT2D eigenvalue weighted by molar-refractivity contribution is 5.85. The fourth-order valence-electron chi connectivity index (χ4n) is 3.28. The molecule has 2 N–H and O–H groups in total. The van der Waals surface area contributed by atoms with Crippen molar-refractivity contribution in [3.05, 3.63) is 66.2 Å². The van der Waals surface area contributed by atoms with Gasteiger partial charge in [-0.1, -0.05) is 24.3 Å². The van der Waals surface area contributed by atoms with Crippen molar-refractivity contribution in [1.82, 2.24) is 20.2 Å². The van der Waals surface area contributed by atoms with Crippen LogP contribution in [0.3, 0.4) is 0 Å². The molecule has 1 aromatic heterocycles. The third kappa shape index (κ3) is 5.45. The molecular weight excluding hydrogens is 418 g/mol. The van der Waals surface area contributed by atoms with Crippen LogP contribution in [0.15, 0.2) is 54.9 Å². The van der Waals surface area contributed by atoms with Crippen LogP contribution in [0.1, 0.15) is 11.6 Å². The number of hydrogen-bond donors (Lipinski definition) is 2. The minimum Gasteiger partial charge on any atom is -0.366 e. The number of benzene rings is 2. The fourth-order valence-corrected chi connectivity index (χ4v) is 3.28. The van der Waals surface area contributed by atoms with Crippen LogP contribution < -0.4 is 10.6 Å². The monoisotopic (exact) mass is 440 g/mol. The number of imidazole rings is 1. The molecule has 4 rings (SSSR count). The molecule has 1 aliphatic rings. The van der Waals surface area contributed by atoms with Crippen molar-refractivity contribution in [2.24, 2.45) is 0 Å². The van der Waals surface area contributed by atoms with Gasteiger partial charge in [0.2, 0.25) is 0 Å². The van der Waals surface area contributed by atoms with Gasteiger partial charge >= 0.3 is 0 Å². The van der Waals surface area contributed by atoms with Gasteiger partial charge in [-0.05, 0) is 29.8 Å². The summed E-state index contributed by atoms with van der Waals surface area (Å²) >= 11 is 0. The highest BCUT2D eigenvalue weighted by Crippen LogP contribution is 2.20. The van der Waals surface area contributed by atoms with E-state index in [0.717, 1.165) is 23.1 Å². The Bertz CT molecular complexity index is 930. The number of nitrogens with zero attached hydrogens (tertiary/aromatic N) is 2. The molecule has 1 fully saturated rings. The van der Waals surface area contributed by atoms with Gasteiger partial charge in [-0.15, -0.1) is 24.8 Å². The molecule has 2 unspecified atom stereocenters. The first kappa shape index (κ1) is 23.1. The number of ether oxygens (including phenoxy) is 1. The van der Waals surface area contributed by atoms with E-state index in [4.69, 9.17) is 4.74 Å². The summed E-state index contributed by atoms with van der Waals surface area (Å²) in [7, 11) is 0. The topological polar surface area (TPSA) is 68.2 Å². The van der Waals surface area contributed by atoms with Crippen LogP contribution in [0.25, 0.3) is 11.0 Å². The molecule has 9 heteroatoms. The van der Waals surface area contributed by atoms with Gasteiger partial charge in [-0.2, -0.15) is 0 Å². The SMILES string of the molecule is Cl.Cl.O=C(NC(Cn1cnc2ccccc21)c1ccc(F)cc1)C1CNCCO1. The lowest BCUT2D eigenvalue weighted by molar-refractivity contribution is -0.135. The van der Waals surface area contributed by atoms with Gasteiger partial charge in [0.1, 0.15) is 11.9 Å². The average Bonchev–Trinajstić information content (AvgIpc) is 3.12. The van der Waals surface area contributed by atoms with Crippen LogP contribution in [-0.4, -0.2) is 41.3 Å². The second-order valence-corrected chi connectivity index (χ2v) is 6.56. The summed E-state index contributed by atoms with van der Waals surface area (Å²) in [6.07, 6.45) is 1.23. The highest BCUT2D eigenvalue weighted by atomic mass is 35.5. The molecule has 2 aromatic carbocycles. The normalized spacial score (nSPS) is 17.1. The number of morpholine rings is 1. The van der Waals surface area contributed by atoms with Gasteiger partial charge in [-0.3, -0.25) is 4.79 Å². The Labute approximate surface area is 180 Å². The summed E-state index contributed by atoms with van der Waals surface area (Å²) in [5.41, 5.74) is 2.70. The van der Waals surface area contributed by atoms with E-state index < -0.39 is 6.10 Å². The van der Waals surface area contributed by atoms with E-state index in [1.165, 1.54) is 12.1 Å². The molecule has 1 saturated heterocycles. The first-order valence-electron chi connectivity index (χ1n) is 8.99. The maximum Gasteiger partial charge on any atom is 0.251 e. The number of rotatable bonds is 5. The quantitative estimate of drug-likeness (QED) is 0.639. The number of nitrogens with one attached hydrogen (secondary N) is 2. The van der Waals surface area contributed by atoms with Crippen LogP contribution in [0.2, 0.25) is 0 Å². The Morgan fingerprint density at radius 3 is 2.72 bits per heavy atom. The van der Waals surface area contributed by atoms with E-state index in [0.29, 0.717) is 19.7 Å². The lowest BCUT2D eigenvalue weighted by Gasteiger charge is -2.26. The second kappa shape index (κ2) is 10.5. The minimum atomic E-state index is -0.527. The van der Waals surface area contributed by atoms with Gasteiger partial charge in [0, 0.05) is 19.6 Å². The van der Waals surface area contributed by atoms with E-state index in [2.05, 4.69) is 15.6 Å². The Morgan fingerprint density at radius 2 is 2.00 bits per heavy atom. The Morgan fingerprint density at radius 1 is 1.24 bits per heavy atom. The summed E-state index contributed by atoms with van der Waals surface area (Å²) in [4.78, 5) is 17.1. The molecule has 156 valence electrons. The summed E-state index contributed by atoms with van der Waals surface area (Å²) in [6.45, 7) is 2.21. The number of aromatic nitrogens is 2. The van der Waals surface area contributed by atoms with Crippen molar-refractivity contribution >= 4 is 41.8 Å². The molecule has 0 saturated carbocycles. The lowest BCUT2D eigenvalue weighted by atomic mass is 10.1. The molecule has 29 heavy (non-hydrogen) atoms. The van der Waals surface area contributed by atoms with Crippen LogP contribution in [0, 0.1) is 5.82 Å². The van der Waals surface area contributed by atoms with Gasteiger partial charge in [-0.25, -0.2) is 9.37 Å². The molecule has 6 nitrogen and oxygen atoms in total. The van der Waals surface area contributed by atoms with E-state index in [9.17, 15) is 9.18 Å². The number of fused-ring (bicyclic) bond motifs is 1. The van der Waals surface area contributed by atoms with Crippen LogP contribution in [0.5, 0.6) is 0 Å². The number of carbonyl (C=O) groups is 1. The number of amides is 1. The zero-order chi connectivity index (χ0) is 18.6. The van der Waals surface area contributed by atoms with Crippen molar-refractivity contribution in [3.8, 4) is 0 Å². The number of carbonyl (C=O) groups excluding carboxylic acids is 1. The molecule has 0 aliphatic carbocycles. The van der Waals surface area contributed by atoms with Crippen molar-refractivity contribution < 1.29 is 13.9 Å². The molecule has 1 amide bonds. The smallest absolute Gasteiger partial charge is 0.251 e. The lowest BCUT2D eigenvalue weighted by Crippen LogP contribution is -2.49. The molecule has 3 aromatic rings. The van der Waals surface area contributed by atoms with Crippen LogP contribution in [0.4, 0.5) is 4.39 Å². The number of para-hydroxylation sites is 2. The van der Waals surface area contributed by atoms with E-state index in [1.54, 1.807) is 18.5 Å².